The van der Waals surface area contributed by atoms with E-state index in [1.807, 2.05) is 6.92 Å². The number of hydrogen-bond acceptors (Lipinski definition) is 4. The third kappa shape index (κ3) is 4.21. The molecule has 1 aromatic carbocycles. The summed E-state index contributed by atoms with van der Waals surface area (Å²) >= 11 is 0. The Kier molecular flexibility index (Phi) is 5.25. The van der Waals surface area contributed by atoms with E-state index in [4.69, 9.17) is 0 Å². The molecule has 1 saturated carbocycles. The van der Waals surface area contributed by atoms with Gasteiger partial charge in [0, 0.05) is 17.8 Å². The van der Waals surface area contributed by atoms with Gasteiger partial charge in [-0.25, -0.2) is 9.97 Å². The van der Waals surface area contributed by atoms with Gasteiger partial charge in [0.05, 0.1) is 0 Å². The molecule has 1 heterocycles. The number of nitrogens with zero attached hydrogens (tertiary/aromatic N) is 2. The predicted molar refractivity (Wildman–Crippen MR) is 106 cm³/mol. The molecule has 0 saturated heterocycles. The Morgan fingerprint density at radius 2 is 1.69 bits per heavy atom. The van der Waals surface area contributed by atoms with Crippen molar-refractivity contribution in [3.8, 4) is 0 Å². The number of carbonyl (C=O) groups excluding carboxylic acids is 1. The number of benzene rings is 1. The molecule has 0 aliphatic heterocycles. The monoisotopic (exact) mass is 352 g/mol. The molecule has 1 aliphatic carbocycles. The van der Waals surface area contributed by atoms with Gasteiger partial charge in [0.1, 0.15) is 17.3 Å². The summed E-state index contributed by atoms with van der Waals surface area (Å²) < 4.78 is 0. The molecule has 0 bridgehead atoms. The number of para-hydroxylation sites is 1. The van der Waals surface area contributed by atoms with Gasteiger partial charge in [0.15, 0.2) is 0 Å². The van der Waals surface area contributed by atoms with E-state index in [1.54, 1.807) is 6.07 Å². The largest absolute Gasteiger partial charge is 0.367 e. The van der Waals surface area contributed by atoms with Gasteiger partial charge in [-0.15, -0.1) is 0 Å². The molecule has 1 aliphatic rings. The smallest absolute Gasteiger partial charge is 0.274 e. The van der Waals surface area contributed by atoms with E-state index < -0.39 is 0 Å². The first-order valence-electron chi connectivity index (χ1n) is 9.41. The first-order chi connectivity index (χ1) is 12.3. The molecule has 1 aromatic heterocycles. The van der Waals surface area contributed by atoms with Crippen LogP contribution in [0.3, 0.4) is 0 Å². The quantitative estimate of drug-likeness (QED) is 0.779. The lowest BCUT2D eigenvalue weighted by Crippen LogP contribution is -2.18. The highest BCUT2D eigenvalue weighted by molar-refractivity contribution is 6.04. The fourth-order valence-electron chi connectivity index (χ4n) is 3.07. The van der Waals surface area contributed by atoms with Gasteiger partial charge in [-0.1, -0.05) is 45.9 Å². The molecule has 5 nitrogen and oxygen atoms in total. The Morgan fingerprint density at radius 3 is 2.23 bits per heavy atom. The molecule has 0 radical (unpaired) electrons. The Balaban J connectivity index is 1.91. The van der Waals surface area contributed by atoms with Crippen LogP contribution in [0.25, 0.3) is 0 Å². The highest BCUT2D eigenvalue weighted by Crippen LogP contribution is 2.32. The van der Waals surface area contributed by atoms with E-state index in [9.17, 15) is 4.79 Å². The van der Waals surface area contributed by atoms with Crippen LogP contribution in [0, 0.1) is 6.92 Å². The van der Waals surface area contributed by atoms with E-state index in [2.05, 4.69) is 66.5 Å². The van der Waals surface area contributed by atoms with Crippen LogP contribution in [0.1, 0.15) is 79.8 Å². The molecule has 1 fully saturated rings. The van der Waals surface area contributed by atoms with Crippen molar-refractivity contribution in [3.05, 3.63) is 46.9 Å². The molecule has 0 spiro atoms. The summed E-state index contributed by atoms with van der Waals surface area (Å²) in [4.78, 5) is 21.7. The molecule has 26 heavy (non-hydrogen) atoms. The fourth-order valence-corrected chi connectivity index (χ4v) is 3.07. The minimum atomic E-state index is -0.190. The molecule has 2 N–H and O–H groups in total. The van der Waals surface area contributed by atoms with Crippen LogP contribution in [0.5, 0.6) is 0 Å². The summed E-state index contributed by atoms with van der Waals surface area (Å²) in [5.41, 5.74) is 3.60. The molecule has 2 aromatic rings. The van der Waals surface area contributed by atoms with Crippen LogP contribution in [0.15, 0.2) is 24.3 Å². The minimum absolute atomic E-state index is 0.190. The molecule has 138 valence electrons. The fraction of sp³-hybridized carbons (Fsp3) is 0.476. The van der Waals surface area contributed by atoms with Gasteiger partial charge in [-0.3, -0.25) is 4.79 Å². The Morgan fingerprint density at radius 1 is 1.08 bits per heavy atom. The van der Waals surface area contributed by atoms with Crippen LogP contribution in [0.4, 0.5) is 11.5 Å². The summed E-state index contributed by atoms with van der Waals surface area (Å²) in [5.74, 6) is 1.78. The van der Waals surface area contributed by atoms with E-state index in [0.717, 1.165) is 35.5 Å². The average Bonchev–Trinajstić information content (AvgIpc) is 3.37. The lowest BCUT2D eigenvalue weighted by Gasteiger charge is -2.20. The molecular weight excluding hydrogens is 324 g/mol. The normalized spacial score (nSPS) is 14.0. The van der Waals surface area contributed by atoms with Gasteiger partial charge < -0.3 is 10.6 Å². The number of hydrogen-bond donors (Lipinski definition) is 2. The second-order valence-corrected chi connectivity index (χ2v) is 7.68. The number of nitrogens with one attached hydrogen (secondary N) is 2. The van der Waals surface area contributed by atoms with Crippen molar-refractivity contribution in [3.63, 3.8) is 0 Å². The Labute approximate surface area is 155 Å². The molecular formula is C21H28N4O. The number of amides is 1. The van der Waals surface area contributed by atoms with E-state index >= 15 is 0 Å². The highest BCUT2D eigenvalue weighted by Gasteiger charge is 2.23. The van der Waals surface area contributed by atoms with Gasteiger partial charge in [-0.2, -0.15) is 0 Å². The lowest BCUT2D eigenvalue weighted by molar-refractivity contribution is 0.102. The SMILES string of the molecule is Cc1nc(NC2CC2)cc(C(=O)Nc2c(C(C)C)cccc2C(C)C)n1. The number of aromatic nitrogens is 2. The maximum atomic E-state index is 12.9. The van der Waals surface area contributed by atoms with Gasteiger partial charge in [-0.05, 0) is 42.7 Å². The summed E-state index contributed by atoms with van der Waals surface area (Å²) in [7, 11) is 0. The minimum Gasteiger partial charge on any atom is -0.367 e. The summed E-state index contributed by atoms with van der Waals surface area (Å²) in [6.45, 7) is 10.4. The Hall–Kier alpha value is -2.43. The van der Waals surface area contributed by atoms with Crippen LogP contribution in [-0.4, -0.2) is 21.9 Å². The van der Waals surface area contributed by atoms with Crippen molar-refractivity contribution in [1.29, 1.82) is 0 Å². The maximum absolute atomic E-state index is 12.9. The first-order valence-corrected chi connectivity index (χ1v) is 9.41. The van der Waals surface area contributed by atoms with Gasteiger partial charge in [0.25, 0.3) is 5.91 Å². The second-order valence-electron chi connectivity index (χ2n) is 7.68. The average molecular weight is 352 g/mol. The molecule has 5 heteroatoms. The zero-order chi connectivity index (χ0) is 18.8. The number of carbonyl (C=O) groups is 1. The van der Waals surface area contributed by atoms with Gasteiger partial charge in [0.2, 0.25) is 0 Å². The molecule has 1 amide bonds. The third-order valence-electron chi connectivity index (χ3n) is 4.61. The second kappa shape index (κ2) is 7.44. The maximum Gasteiger partial charge on any atom is 0.274 e. The van der Waals surface area contributed by atoms with Crippen molar-refractivity contribution in [2.45, 2.75) is 65.3 Å². The Bertz CT molecular complexity index is 783. The van der Waals surface area contributed by atoms with Crippen molar-refractivity contribution in [1.82, 2.24) is 9.97 Å². The topological polar surface area (TPSA) is 66.9 Å². The number of rotatable bonds is 6. The van der Waals surface area contributed by atoms with Crippen molar-refractivity contribution in [2.75, 3.05) is 10.6 Å². The highest BCUT2D eigenvalue weighted by atomic mass is 16.1. The summed E-state index contributed by atoms with van der Waals surface area (Å²) in [6.07, 6.45) is 2.31. The van der Waals surface area contributed by atoms with Crippen LogP contribution in [-0.2, 0) is 0 Å². The lowest BCUT2D eigenvalue weighted by atomic mass is 9.92. The van der Waals surface area contributed by atoms with Crippen molar-refractivity contribution in [2.24, 2.45) is 0 Å². The molecule has 3 rings (SSSR count). The summed E-state index contributed by atoms with van der Waals surface area (Å²) in [6, 6.07) is 8.45. The number of aryl methyl sites for hydroxylation is 1. The van der Waals surface area contributed by atoms with E-state index in [1.165, 1.54) is 0 Å². The third-order valence-corrected chi connectivity index (χ3v) is 4.61. The van der Waals surface area contributed by atoms with Crippen LogP contribution in [0.2, 0.25) is 0 Å². The summed E-state index contributed by atoms with van der Waals surface area (Å²) in [5, 5.41) is 6.47. The standard InChI is InChI=1S/C21H28N4O/c1-12(2)16-7-6-8-17(13(3)4)20(16)25-21(26)18-11-19(23-14(5)22-18)24-15-9-10-15/h6-8,11-13,15H,9-10H2,1-5H3,(H,25,26)(H,22,23,24). The molecule has 0 unspecified atom stereocenters. The van der Waals surface area contributed by atoms with Crippen LogP contribution >= 0.6 is 0 Å². The van der Waals surface area contributed by atoms with E-state index in [0.29, 0.717) is 29.4 Å². The van der Waals surface area contributed by atoms with Crippen molar-refractivity contribution >= 4 is 17.4 Å². The first kappa shape index (κ1) is 18.4. The van der Waals surface area contributed by atoms with Gasteiger partial charge >= 0.3 is 0 Å². The number of anilines is 2. The van der Waals surface area contributed by atoms with Crippen LogP contribution < -0.4 is 10.6 Å². The predicted octanol–water partition coefficient (Wildman–Crippen LogP) is 4.86. The molecule has 0 atom stereocenters. The van der Waals surface area contributed by atoms with E-state index in [-0.39, 0.29) is 5.91 Å². The van der Waals surface area contributed by atoms with Crippen molar-refractivity contribution < 1.29 is 4.79 Å². The zero-order valence-electron chi connectivity index (χ0n) is 16.3. The zero-order valence-corrected chi connectivity index (χ0v) is 16.3.